The molecule has 0 unspecified atom stereocenters. The first-order valence-corrected chi connectivity index (χ1v) is 6.56. The van der Waals surface area contributed by atoms with Crippen LogP contribution in [0.5, 0.6) is 17.2 Å². The third-order valence-electron chi connectivity index (χ3n) is 3.80. The van der Waals surface area contributed by atoms with E-state index in [1.165, 1.54) is 6.42 Å². The summed E-state index contributed by atoms with van der Waals surface area (Å²) in [4.78, 5) is 0. The van der Waals surface area contributed by atoms with Gasteiger partial charge in [0.2, 0.25) is 6.79 Å². The largest absolute Gasteiger partial charge is 0.493 e. The zero-order valence-electron chi connectivity index (χ0n) is 10.6. The van der Waals surface area contributed by atoms with Gasteiger partial charge >= 0.3 is 0 Å². The number of hydrogen-bond acceptors (Lipinski definition) is 4. The summed E-state index contributed by atoms with van der Waals surface area (Å²) in [6.07, 6.45) is 1.23. The lowest BCUT2D eigenvalue weighted by molar-refractivity contribution is 0.168. The SMILES string of the molecule is C[C@@H]1CCNC[C@H]1COc1ccc2c(c1)OCO2. The van der Waals surface area contributed by atoms with Gasteiger partial charge in [0.1, 0.15) is 5.75 Å². The summed E-state index contributed by atoms with van der Waals surface area (Å²) >= 11 is 0. The van der Waals surface area contributed by atoms with Gasteiger partial charge < -0.3 is 19.5 Å². The number of hydrogen-bond donors (Lipinski definition) is 1. The Hall–Kier alpha value is -1.42. The molecule has 1 saturated heterocycles. The molecule has 2 aliphatic heterocycles. The van der Waals surface area contributed by atoms with Gasteiger partial charge in [-0.1, -0.05) is 6.92 Å². The van der Waals surface area contributed by atoms with Crippen LogP contribution in [0.4, 0.5) is 0 Å². The number of rotatable bonds is 3. The van der Waals surface area contributed by atoms with Gasteiger partial charge in [-0.05, 0) is 31.0 Å². The quantitative estimate of drug-likeness (QED) is 0.890. The van der Waals surface area contributed by atoms with Crippen molar-refractivity contribution in [2.75, 3.05) is 26.5 Å². The second-order valence-electron chi connectivity index (χ2n) is 5.06. The lowest BCUT2D eigenvalue weighted by Gasteiger charge is -2.29. The number of fused-ring (bicyclic) bond motifs is 1. The normalized spacial score (nSPS) is 26.1. The molecule has 0 spiro atoms. The van der Waals surface area contributed by atoms with E-state index in [0.717, 1.165) is 42.9 Å². The molecule has 3 rings (SSSR count). The number of ether oxygens (including phenoxy) is 3. The molecule has 4 heteroatoms. The molecular weight excluding hydrogens is 230 g/mol. The van der Waals surface area contributed by atoms with Crippen molar-refractivity contribution in [3.63, 3.8) is 0 Å². The topological polar surface area (TPSA) is 39.7 Å². The van der Waals surface area contributed by atoms with Gasteiger partial charge in [-0.3, -0.25) is 0 Å². The van der Waals surface area contributed by atoms with Gasteiger partial charge in [0.05, 0.1) is 6.61 Å². The Morgan fingerprint density at radius 1 is 1.33 bits per heavy atom. The van der Waals surface area contributed by atoms with Crippen LogP contribution in [0.1, 0.15) is 13.3 Å². The zero-order valence-corrected chi connectivity index (χ0v) is 10.6. The highest BCUT2D eigenvalue weighted by Crippen LogP contribution is 2.35. The molecule has 0 bridgehead atoms. The molecule has 18 heavy (non-hydrogen) atoms. The minimum absolute atomic E-state index is 0.308. The maximum absolute atomic E-state index is 5.87. The highest BCUT2D eigenvalue weighted by molar-refractivity contribution is 5.46. The smallest absolute Gasteiger partial charge is 0.231 e. The second kappa shape index (κ2) is 5.06. The highest BCUT2D eigenvalue weighted by atomic mass is 16.7. The first kappa shape index (κ1) is 11.7. The summed E-state index contributed by atoms with van der Waals surface area (Å²) in [7, 11) is 0. The number of benzene rings is 1. The summed E-state index contributed by atoms with van der Waals surface area (Å²) in [5.41, 5.74) is 0. The summed E-state index contributed by atoms with van der Waals surface area (Å²) in [6.45, 7) is 5.54. The van der Waals surface area contributed by atoms with Gasteiger partial charge in [0.25, 0.3) is 0 Å². The first-order chi connectivity index (χ1) is 8.83. The third kappa shape index (κ3) is 2.38. The Morgan fingerprint density at radius 2 is 2.22 bits per heavy atom. The monoisotopic (exact) mass is 249 g/mol. The lowest BCUT2D eigenvalue weighted by atomic mass is 9.89. The summed E-state index contributed by atoms with van der Waals surface area (Å²) in [5, 5.41) is 3.42. The van der Waals surface area contributed by atoms with Crippen molar-refractivity contribution in [3.8, 4) is 17.2 Å². The minimum atomic E-state index is 0.308. The minimum Gasteiger partial charge on any atom is -0.493 e. The van der Waals surface area contributed by atoms with Crippen molar-refractivity contribution in [3.05, 3.63) is 18.2 Å². The van der Waals surface area contributed by atoms with Crippen molar-refractivity contribution in [1.82, 2.24) is 5.32 Å². The summed E-state index contributed by atoms with van der Waals surface area (Å²) in [6, 6.07) is 5.75. The van der Waals surface area contributed by atoms with E-state index in [-0.39, 0.29) is 0 Å². The predicted octanol–water partition coefficient (Wildman–Crippen LogP) is 2.04. The van der Waals surface area contributed by atoms with Gasteiger partial charge in [0, 0.05) is 18.5 Å². The summed E-state index contributed by atoms with van der Waals surface area (Å²) < 4.78 is 16.5. The molecule has 4 nitrogen and oxygen atoms in total. The van der Waals surface area contributed by atoms with Crippen LogP contribution in [0.15, 0.2) is 18.2 Å². The lowest BCUT2D eigenvalue weighted by Crippen LogP contribution is -2.38. The average molecular weight is 249 g/mol. The summed E-state index contributed by atoms with van der Waals surface area (Å²) in [5.74, 6) is 3.75. The van der Waals surface area contributed by atoms with Crippen molar-refractivity contribution in [1.29, 1.82) is 0 Å². The average Bonchev–Trinajstić information content (AvgIpc) is 2.85. The van der Waals surface area contributed by atoms with E-state index in [1.807, 2.05) is 18.2 Å². The molecule has 2 atom stereocenters. The Morgan fingerprint density at radius 3 is 3.11 bits per heavy atom. The Bertz CT molecular complexity index is 422. The fourth-order valence-corrected chi connectivity index (χ4v) is 2.45. The molecule has 98 valence electrons. The highest BCUT2D eigenvalue weighted by Gasteiger charge is 2.22. The standard InChI is InChI=1S/C14H19NO3/c1-10-4-5-15-7-11(10)8-16-12-2-3-13-14(6-12)18-9-17-13/h2-3,6,10-11,15H,4-5,7-9H2,1H3/t10-,11+/m1/s1. The Kier molecular flexibility index (Phi) is 3.28. The van der Waals surface area contributed by atoms with Crippen LogP contribution in [0.3, 0.4) is 0 Å². The Labute approximate surface area is 107 Å². The van der Waals surface area contributed by atoms with Gasteiger partial charge in [-0.15, -0.1) is 0 Å². The van der Waals surface area contributed by atoms with Crippen LogP contribution >= 0.6 is 0 Å². The molecule has 1 aromatic rings. The van der Waals surface area contributed by atoms with E-state index in [1.54, 1.807) is 0 Å². The third-order valence-corrected chi connectivity index (χ3v) is 3.80. The molecule has 2 heterocycles. The Balaban J connectivity index is 1.59. The van der Waals surface area contributed by atoms with E-state index < -0.39 is 0 Å². The van der Waals surface area contributed by atoms with Crippen LogP contribution in [0, 0.1) is 11.8 Å². The van der Waals surface area contributed by atoms with Gasteiger partial charge in [-0.2, -0.15) is 0 Å². The van der Waals surface area contributed by atoms with E-state index in [2.05, 4.69) is 12.2 Å². The number of nitrogens with one attached hydrogen (secondary N) is 1. The van der Waals surface area contributed by atoms with E-state index in [9.17, 15) is 0 Å². The predicted molar refractivity (Wildman–Crippen MR) is 68.2 cm³/mol. The van der Waals surface area contributed by atoms with Crippen LogP contribution in [0.25, 0.3) is 0 Å². The van der Waals surface area contributed by atoms with E-state index in [0.29, 0.717) is 12.7 Å². The van der Waals surface area contributed by atoms with Crippen molar-refractivity contribution < 1.29 is 14.2 Å². The van der Waals surface area contributed by atoms with E-state index >= 15 is 0 Å². The molecular formula is C14H19NO3. The molecule has 0 aliphatic carbocycles. The molecule has 0 saturated carbocycles. The van der Waals surface area contributed by atoms with Crippen LogP contribution in [-0.4, -0.2) is 26.5 Å². The molecule has 0 amide bonds. The van der Waals surface area contributed by atoms with Crippen molar-refractivity contribution >= 4 is 0 Å². The molecule has 1 fully saturated rings. The van der Waals surface area contributed by atoms with Crippen LogP contribution in [0.2, 0.25) is 0 Å². The molecule has 0 aromatic heterocycles. The van der Waals surface area contributed by atoms with Crippen LogP contribution in [-0.2, 0) is 0 Å². The first-order valence-electron chi connectivity index (χ1n) is 6.56. The maximum atomic E-state index is 5.87. The number of piperidine rings is 1. The molecule has 1 aromatic carbocycles. The van der Waals surface area contributed by atoms with Gasteiger partial charge in [-0.25, -0.2) is 0 Å². The fourth-order valence-electron chi connectivity index (χ4n) is 2.45. The van der Waals surface area contributed by atoms with Crippen LogP contribution < -0.4 is 19.5 Å². The van der Waals surface area contributed by atoms with Crippen molar-refractivity contribution in [2.45, 2.75) is 13.3 Å². The second-order valence-corrected chi connectivity index (χ2v) is 5.06. The molecule has 1 N–H and O–H groups in total. The maximum Gasteiger partial charge on any atom is 0.231 e. The fraction of sp³-hybridized carbons (Fsp3) is 0.571. The van der Waals surface area contributed by atoms with Crippen molar-refractivity contribution in [2.24, 2.45) is 11.8 Å². The van der Waals surface area contributed by atoms with E-state index in [4.69, 9.17) is 14.2 Å². The molecule has 2 aliphatic rings. The van der Waals surface area contributed by atoms with Gasteiger partial charge in [0.15, 0.2) is 11.5 Å². The zero-order chi connectivity index (χ0) is 12.4. The molecule has 0 radical (unpaired) electrons.